The maximum absolute atomic E-state index is 12.0. The van der Waals surface area contributed by atoms with E-state index in [1.165, 1.54) is 6.08 Å². The Morgan fingerprint density at radius 3 is 2.69 bits per heavy atom. The summed E-state index contributed by atoms with van der Waals surface area (Å²) in [6.07, 6.45) is 5.10. The molecule has 3 aromatic rings. The number of benzene rings is 1. The van der Waals surface area contributed by atoms with Gasteiger partial charge in [0.15, 0.2) is 5.82 Å². The van der Waals surface area contributed by atoms with E-state index in [1.807, 2.05) is 47.8 Å². The van der Waals surface area contributed by atoms with Crippen molar-refractivity contribution in [3.8, 4) is 0 Å². The molecule has 2 aromatic heterocycles. The fourth-order valence-corrected chi connectivity index (χ4v) is 3.54. The summed E-state index contributed by atoms with van der Waals surface area (Å²) < 4.78 is 5.39. The molecule has 8 heteroatoms. The van der Waals surface area contributed by atoms with Gasteiger partial charge in [-0.15, -0.1) is 16.4 Å². The minimum atomic E-state index is -0.164. The Kier molecular flexibility index (Phi) is 6.13. The highest BCUT2D eigenvalue weighted by molar-refractivity contribution is 7.10. The van der Waals surface area contributed by atoms with Gasteiger partial charge < -0.3 is 20.3 Å². The Hall–Kier alpha value is -3.23. The van der Waals surface area contributed by atoms with E-state index in [2.05, 4.69) is 25.7 Å². The standard InChI is InChI=1S/C21H21N5O2S/c27-21(8-7-19-2-1-13-29-19)24-17-5-3-16(4-6-17)23-20-14-18(15-22-25-20)26-9-11-28-12-10-26/h1-8,13-15H,9-12H2,(H,23,25)(H,24,27)/b8-7+. The predicted molar refractivity (Wildman–Crippen MR) is 117 cm³/mol. The quantitative estimate of drug-likeness (QED) is 0.606. The number of ether oxygens (including phenoxy) is 1. The zero-order valence-electron chi connectivity index (χ0n) is 15.7. The molecule has 1 aromatic carbocycles. The van der Waals surface area contributed by atoms with Gasteiger partial charge in [-0.2, -0.15) is 5.10 Å². The topological polar surface area (TPSA) is 79.4 Å². The highest BCUT2D eigenvalue weighted by Gasteiger charge is 2.12. The van der Waals surface area contributed by atoms with Crippen LogP contribution in [-0.4, -0.2) is 42.4 Å². The van der Waals surface area contributed by atoms with E-state index in [9.17, 15) is 4.79 Å². The molecule has 1 aliphatic rings. The molecule has 4 rings (SSSR count). The minimum absolute atomic E-state index is 0.164. The molecular formula is C21H21N5O2S. The molecule has 0 saturated carbocycles. The Balaban J connectivity index is 1.35. The molecule has 3 heterocycles. The van der Waals surface area contributed by atoms with Gasteiger partial charge in [0.1, 0.15) is 0 Å². The molecule has 0 radical (unpaired) electrons. The number of amides is 1. The predicted octanol–water partition coefficient (Wildman–Crippen LogP) is 3.77. The zero-order valence-corrected chi connectivity index (χ0v) is 16.6. The van der Waals surface area contributed by atoms with Gasteiger partial charge in [-0.3, -0.25) is 4.79 Å². The normalized spacial score (nSPS) is 14.1. The molecule has 1 fully saturated rings. The Labute approximate surface area is 173 Å². The van der Waals surface area contributed by atoms with E-state index in [0.717, 1.165) is 48.2 Å². The zero-order chi connectivity index (χ0) is 19.9. The van der Waals surface area contributed by atoms with Crippen molar-refractivity contribution >= 4 is 46.2 Å². The van der Waals surface area contributed by atoms with Crippen molar-refractivity contribution in [1.29, 1.82) is 0 Å². The number of hydrogen-bond donors (Lipinski definition) is 2. The summed E-state index contributed by atoms with van der Waals surface area (Å²) in [5.74, 6) is 0.507. The van der Waals surface area contributed by atoms with Crippen molar-refractivity contribution in [2.75, 3.05) is 41.8 Å². The molecule has 2 N–H and O–H groups in total. The molecule has 1 aliphatic heterocycles. The van der Waals surface area contributed by atoms with E-state index in [1.54, 1.807) is 23.6 Å². The van der Waals surface area contributed by atoms with Crippen LogP contribution in [-0.2, 0) is 9.53 Å². The van der Waals surface area contributed by atoms with Crippen LogP contribution in [0.3, 0.4) is 0 Å². The number of anilines is 4. The molecule has 148 valence electrons. The Bertz CT molecular complexity index is 967. The van der Waals surface area contributed by atoms with Crippen LogP contribution in [0.15, 0.2) is 60.1 Å². The lowest BCUT2D eigenvalue weighted by molar-refractivity contribution is -0.111. The lowest BCUT2D eigenvalue weighted by Crippen LogP contribution is -2.36. The van der Waals surface area contributed by atoms with Crippen LogP contribution in [0.5, 0.6) is 0 Å². The summed E-state index contributed by atoms with van der Waals surface area (Å²) >= 11 is 1.59. The average Bonchev–Trinajstić information content (AvgIpc) is 3.28. The molecule has 7 nitrogen and oxygen atoms in total. The van der Waals surface area contributed by atoms with Gasteiger partial charge in [0.25, 0.3) is 0 Å². The molecule has 0 spiro atoms. The SMILES string of the molecule is O=C(/C=C/c1cccs1)Nc1ccc(Nc2cc(N3CCOCC3)cnn2)cc1. The molecule has 0 unspecified atom stereocenters. The first-order valence-corrected chi connectivity index (χ1v) is 10.2. The first kappa shape index (κ1) is 19.1. The number of nitrogens with zero attached hydrogens (tertiary/aromatic N) is 3. The second kappa shape index (κ2) is 9.31. The van der Waals surface area contributed by atoms with Gasteiger partial charge >= 0.3 is 0 Å². The lowest BCUT2D eigenvalue weighted by Gasteiger charge is -2.28. The molecular weight excluding hydrogens is 386 g/mol. The number of aromatic nitrogens is 2. The third-order valence-corrected chi connectivity index (χ3v) is 5.22. The summed E-state index contributed by atoms with van der Waals surface area (Å²) in [6, 6.07) is 13.4. The molecule has 0 bridgehead atoms. The fourth-order valence-electron chi connectivity index (χ4n) is 2.92. The van der Waals surface area contributed by atoms with Gasteiger partial charge in [0.2, 0.25) is 5.91 Å². The number of nitrogens with one attached hydrogen (secondary N) is 2. The summed E-state index contributed by atoms with van der Waals surface area (Å²) in [5, 5.41) is 16.3. The van der Waals surface area contributed by atoms with Gasteiger partial charge in [-0.05, 0) is 41.8 Å². The molecule has 1 amide bonds. The van der Waals surface area contributed by atoms with Crippen molar-refractivity contribution in [1.82, 2.24) is 10.2 Å². The van der Waals surface area contributed by atoms with E-state index in [0.29, 0.717) is 5.82 Å². The Morgan fingerprint density at radius 2 is 1.93 bits per heavy atom. The largest absolute Gasteiger partial charge is 0.378 e. The molecule has 1 saturated heterocycles. The second-order valence-electron chi connectivity index (χ2n) is 6.44. The minimum Gasteiger partial charge on any atom is -0.378 e. The van der Waals surface area contributed by atoms with E-state index in [4.69, 9.17) is 4.74 Å². The van der Waals surface area contributed by atoms with Crippen LogP contribution in [0.25, 0.3) is 6.08 Å². The van der Waals surface area contributed by atoms with Crippen molar-refractivity contribution in [3.63, 3.8) is 0 Å². The number of rotatable bonds is 6. The van der Waals surface area contributed by atoms with E-state index in [-0.39, 0.29) is 5.91 Å². The van der Waals surface area contributed by atoms with Gasteiger partial charge in [-0.25, -0.2) is 0 Å². The smallest absolute Gasteiger partial charge is 0.248 e. The van der Waals surface area contributed by atoms with Crippen LogP contribution < -0.4 is 15.5 Å². The first-order chi connectivity index (χ1) is 14.3. The summed E-state index contributed by atoms with van der Waals surface area (Å²) in [5.41, 5.74) is 2.61. The highest BCUT2D eigenvalue weighted by Crippen LogP contribution is 2.21. The third-order valence-electron chi connectivity index (χ3n) is 4.38. The van der Waals surface area contributed by atoms with Crippen LogP contribution in [0.4, 0.5) is 22.9 Å². The van der Waals surface area contributed by atoms with Crippen LogP contribution in [0.2, 0.25) is 0 Å². The van der Waals surface area contributed by atoms with Crippen LogP contribution in [0, 0.1) is 0 Å². The number of morpholine rings is 1. The second-order valence-corrected chi connectivity index (χ2v) is 7.42. The van der Waals surface area contributed by atoms with Gasteiger partial charge in [-0.1, -0.05) is 6.07 Å². The van der Waals surface area contributed by atoms with Crippen molar-refractivity contribution in [2.24, 2.45) is 0 Å². The Morgan fingerprint density at radius 1 is 1.14 bits per heavy atom. The van der Waals surface area contributed by atoms with Crippen molar-refractivity contribution < 1.29 is 9.53 Å². The van der Waals surface area contributed by atoms with Crippen molar-refractivity contribution in [2.45, 2.75) is 0 Å². The molecule has 0 atom stereocenters. The number of hydrogen-bond acceptors (Lipinski definition) is 7. The number of thiophene rings is 1. The average molecular weight is 407 g/mol. The fraction of sp³-hybridized carbons (Fsp3) is 0.190. The lowest BCUT2D eigenvalue weighted by atomic mass is 10.2. The maximum Gasteiger partial charge on any atom is 0.248 e. The summed E-state index contributed by atoms with van der Waals surface area (Å²) in [4.78, 5) is 15.3. The maximum atomic E-state index is 12.0. The highest BCUT2D eigenvalue weighted by atomic mass is 32.1. The summed E-state index contributed by atoms with van der Waals surface area (Å²) in [7, 11) is 0. The van der Waals surface area contributed by atoms with Gasteiger partial charge in [0.05, 0.1) is 25.1 Å². The monoisotopic (exact) mass is 407 g/mol. The first-order valence-electron chi connectivity index (χ1n) is 9.31. The van der Waals surface area contributed by atoms with Crippen LogP contribution >= 0.6 is 11.3 Å². The van der Waals surface area contributed by atoms with E-state index >= 15 is 0 Å². The van der Waals surface area contributed by atoms with Crippen molar-refractivity contribution in [3.05, 3.63) is 65.0 Å². The van der Waals surface area contributed by atoms with Crippen LogP contribution in [0.1, 0.15) is 4.88 Å². The van der Waals surface area contributed by atoms with E-state index < -0.39 is 0 Å². The summed E-state index contributed by atoms with van der Waals surface area (Å²) in [6.45, 7) is 3.14. The van der Waals surface area contributed by atoms with Gasteiger partial charge in [0, 0.05) is 41.5 Å². The molecule has 29 heavy (non-hydrogen) atoms. The number of carbonyl (C=O) groups is 1. The number of carbonyl (C=O) groups excluding carboxylic acids is 1. The molecule has 0 aliphatic carbocycles. The third kappa shape index (κ3) is 5.40.